The average molecular weight is 542 g/mol. The van der Waals surface area contributed by atoms with Gasteiger partial charge in [0.1, 0.15) is 12.4 Å². The van der Waals surface area contributed by atoms with E-state index in [1.165, 1.54) is 23.0 Å². The Kier molecular flexibility index (Phi) is 7.04. The summed E-state index contributed by atoms with van der Waals surface area (Å²) in [7, 11) is 0. The fourth-order valence-corrected chi connectivity index (χ4v) is 3.92. The molecule has 0 bridgehead atoms. The highest BCUT2D eigenvalue weighted by Gasteiger charge is 2.19. The van der Waals surface area contributed by atoms with E-state index >= 15 is 0 Å². The number of nitro benzene ring substituents is 1. The second-order valence-electron chi connectivity index (χ2n) is 7.24. The van der Waals surface area contributed by atoms with E-state index in [0.29, 0.717) is 39.3 Å². The number of ether oxygens (including phenoxy) is 1. The fourth-order valence-electron chi connectivity index (χ4n) is 3.37. The molecule has 3 aromatic carbocycles. The Morgan fingerprint density at radius 2 is 2.00 bits per heavy atom. The standard InChI is InChI=1S/C24H18BrClN4O4/c1-2-22-28-20-11-10-17(25)12-18(20)24(31)29(22)27-13-15-7-5-9-21(30(32)33)23(15)34-14-16-6-3-4-8-19(16)26/h3-13H,2,14H2,1H3. The molecule has 4 rings (SSSR count). The number of halogens is 2. The van der Waals surface area contributed by atoms with Crippen LogP contribution in [0.5, 0.6) is 5.75 Å². The quantitative estimate of drug-likeness (QED) is 0.169. The number of para-hydroxylation sites is 1. The van der Waals surface area contributed by atoms with Gasteiger partial charge in [-0.1, -0.05) is 58.7 Å². The lowest BCUT2D eigenvalue weighted by molar-refractivity contribution is -0.385. The van der Waals surface area contributed by atoms with Crippen LogP contribution in [0.2, 0.25) is 5.02 Å². The van der Waals surface area contributed by atoms with E-state index in [9.17, 15) is 14.9 Å². The maximum Gasteiger partial charge on any atom is 0.311 e. The summed E-state index contributed by atoms with van der Waals surface area (Å²) >= 11 is 9.57. The molecule has 0 saturated heterocycles. The summed E-state index contributed by atoms with van der Waals surface area (Å²) in [4.78, 5) is 28.8. The first-order valence-electron chi connectivity index (χ1n) is 10.3. The minimum Gasteiger partial charge on any atom is -0.481 e. The number of benzene rings is 3. The molecule has 0 atom stereocenters. The lowest BCUT2D eigenvalue weighted by Gasteiger charge is -2.11. The van der Waals surface area contributed by atoms with E-state index in [2.05, 4.69) is 26.0 Å². The van der Waals surface area contributed by atoms with Crippen LogP contribution in [-0.4, -0.2) is 20.8 Å². The molecule has 4 aromatic rings. The molecular formula is C24H18BrClN4O4. The molecule has 0 aliphatic carbocycles. The number of hydrogen-bond donors (Lipinski definition) is 0. The van der Waals surface area contributed by atoms with Gasteiger partial charge in [0.05, 0.1) is 22.0 Å². The Morgan fingerprint density at radius 3 is 2.74 bits per heavy atom. The number of aryl methyl sites for hydroxylation is 1. The predicted molar refractivity (Wildman–Crippen MR) is 135 cm³/mol. The van der Waals surface area contributed by atoms with Crippen LogP contribution < -0.4 is 10.3 Å². The van der Waals surface area contributed by atoms with Crippen molar-refractivity contribution in [1.29, 1.82) is 0 Å². The summed E-state index contributed by atoms with van der Waals surface area (Å²) < 4.78 is 7.77. The van der Waals surface area contributed by atoms with Crippen LogP contribution in [0.15, 0.2) is 75.0 Å². The third-order valence-electron chi connectivity index (χ3n) is 5.06. The molecule has 0 unspecified atom stereocenters. The van der Waals surface area contributed by atoms with Gasteiger partial charge in [0, 0.05) is 33.1 Å². The minimum atomic E-state index is -0.530. The molecule has 0 fully saturated rings. The van der Waals surface area contributed by atoms with Crippen molar-refractivity contribution in [2.45, 2.75) is 20.0 Å². The fraction of sp³-hybridized carbons (Fsp3) is 0.125. The molecule has 1 aromatic heterocycles. The number of fused-ring (bicyclic) bond motifs is 1. The van der Waals surface area contributed by atoms with Crippen molar-refractivity contribution in [2.24, 2.45) is 5.10 Å². The van der Waals surface area contributed by atoms with Gasteiger partial charge in [0.15, 0.2) is 0 Å². The average Bonchev–Trinajstić information content (AvgIpc) is 2.83. The number of hydrogen-bond acceptors (Lipinski definition) is 6. The Labute approximate surface area is 207 Å². The van der Waals surface area contributed by atoms with Gasteiger partial charge in [-0.05, 0) is 30.3 Å². The van der Waals surface area contributed by atoms with Crippen LogP contribution in [-0.2, 0) is 13.0 Å². The van der Waals surface area contributed by atoms with Gasteiger partial charge >= 0.3 is 5.69 Å². The minimum absolute atomic E-state index is 0.0249. The van der Waals surface area contributed by atoms with Gasteiger partial charge in [-0.3, -0.25) is 14.9 Å². The maximum atomic E-state index is 13.1. The first-order chi connectivity index (χ1) is 16.4. The van der Waals surface area contributed by atoms with Crippen LogP contribution >= 0.6 is 27.5 Å². The van der Waals surface area contributed by atoms with E-state index in [4.69, 9.17) is 16.3 Å². The third kappa shape index (κ3) is 4.85. The lowest BCUT2D eigenvalue weighted by Crippen LogP contribution is -2.22. The van der Waals surface area contributed by atoms with E-state index in [1.54, 1.807) is 42.5 Å². The summed E-state index contributed by atoms with van der Waals surface area (Å²) in [6.07, 6.45) is 1.82. The predicted octanol–water partition coefficient (Wildman–Crippen LogP) is 5.74. The lowest BCUT2D eigenvalue weighted by atomic mass is 10.2. The Bertz CT molecular complexity index is 1490. The van der Waals surface area contributed by atoms with Gasteiger partial charge in [-0.2, -0.15) is 9.78 Å². The number of aromatic nitrogens is 2. The van der Waals surface area contributed by atoms with Gasteiger partial charge < -0.3 is 4.74 Å². The van der Waals surface area contributed by atoms with E-state index in [-0.39, 0.29) is 23.6 Å². The van der Waals surface area contributed by atoms with Gasteiger partial charge in [-0.25, -0.2) is 4.98 Å². The van der Waals surface area contributed by atoms with Crippen LogP contribution in [0.1, 0.15) is 23.9 Å². The second-order valence-corrected chi connectivity index (χ2v) is 8.56. The van der Waals surface area contributed by atoms with Crippen molar-refractivity contribution in [3.8, 4) is 5.75 Å². The Morgan fingerprint density at radius 1 is 1.21 bits per heavy atom. The molecule has 172 valence electrons. The highest BCUT2D eigenvalue weighted by Crippen LogP contribution is 2.31. The maximum absolute atomic E-state index is 13.1. The topological polar surface area (TPSA) is 99.6 Å². The summed E-state index contributed by atoms with van der Waals surface area (Å²) in [6.45, 7) is 1.89. The zero-order chi connectivity index (χ0) is 24.2. The van der Waals surface area contributed by atoms with E-state index in [0.717, 1.165) is 4.47 Å². The molecule has 0 aliphatic heterocycles. The highest BCUT2D eigenvalue weighted by molar-refractivity contribution is 9.10. The zero-order valence-electron chi connectivity index (χ0n) is 17.9. The first kappa shape index (κ1) is 23.6. The number of nitro groups is 1. The third-order valence-corrected chi connectivity index (χ3v) is 5.92. The molecule has 0 N–H and O–H groups in total. The first-order valence-corrected chi connectivity index (χ1v) is 11.4. The van der Waals surface area contributed by atoms with Crippen molar-refractivity contribution >= 4 is 50.3 Å². The molecule has 1 heterocycles. The molecule has 8 nitrogen and oxygen atoms in total. The van der Waals surface area contributed by atoms with Gasteiger partial charge in [0.2, 0.25) is 5.75 Å². The second kappa shape index (κ2) is 10.1. The van der Waals surface area contributed by atoms with Crippen LogP contribution in [0.3, 0.4) is 0 Å². The zero-order valence-corrected chi connectivity index (χ0v) is 20.3. The summed E-state index contributed by atoms with van der Waals surface area (Å²) in [5, 5.41) is 16.9. The largest absolute Gasteiger partial charge is 0.481 e. The SMILES string of the molecule is CCc1nc2ccc(Br)cc2c(=O)n1N=Cc1cccc([N+](=O)[O-])c1OCc1ccccc1Cl. The van der Waals surface area contributed by atoms with E-state index in [1.807, 2.05) is 13.0 Å². The Balaban J connectivity index is 1.78. The Hall–Kier alpha value is -3.56. The van der Waals surface area contributed by atoms with Crippen molar-refractivity contribution in [1.82, 2.24) is 9.66 Å². The summed E-state index contributed by atoms with van der Waals surface area (Å²) in [5.41, 5.74) is 1.02. The van der Waals surface area contributed by atoms with Gasteiger partial charge in [0.25, 0.3) is 5.56 Å². The molecule has 0 amide bonds. The number of rotatable bonds is 7. The molecule has 0 spiro atoms. The molecule has 0 radical (unpaired) electrons. The molecule has 0 saturated carbocycles. The van der Waals surface area contributed by atoms with Crippen molar-refractivity contribution in [2.75, 3.05) is 0 Å². The summed E-state index contributed by atoms with van der Waals surface area (Å²) in [5.74, 6) is 0.485. The van der Waals surface area contributed by atoms with Crippen LogP contribution in [0.4, 0.5) is 5.69 Å². The van der Waals surface area contributed by atoms with Gasteiger partial charge in [-0.15, -0.1) is 0 Å². The normalized spacial score (nSPS) is 11.3. The van der Waals surface area contributed by atoms with Crippen LogP contribution in [0.25, 0.3) is 10.9 Å². The van der Waals surface area contributed by atoms with Crippen molar-refractivity contribution in [3.63, 3.8) is 0 Å². The monoisotopic (exact) mass is 540 g/mol. The molecule has 0 aliphatic rings. The van der Waals surface area contributed by atoms with E-state index < -0.39 is 4.92 Å². The molecule has 34 heavy (non-hydrogen) atoms. The molecule has 10 heteroatoms. The van der Waals surface area contributed by atoms with Crippen LogP contribution in [0, 0.1) is 10.1 Å². The highest BCUT2D eigenvalue weighted by atomic mass is 79.9. The van der Waals surface area contributed by atoms with Crippen molar-refractivity contribution < 1.29 is 9.66 Å². The smallest absolute Gasteiger partial charge is 0.311 e. The van der Waals surface area contributed by atoms with Crippen molar-refractivity contribution in [3.05, 3.63) is 108 Å². The molecular weight excluding hydrogens is 524 g/mol. The number of nitrogens with zero attached hydrogens (tertiary/aromatic N) is 4. The summed E-state index contributed by atoms with van der Waals surface area (Å²) in [6, 6.07) is 16.8.